The number of nitro groups is 1. The fourth-order valence-electron chi connectivity index (χ4n) is 2.62. The van der Waals surface area contributed by atoms with E-state index in [0.717, 1.165) is 5.56 Å². The van der Waals surface area contributed by atoms with Crippen LogP contribution in [0.25, 0.3) is 0 Å². The lowest BCUT2D eigenvalue weighted by Gasteiger charge is -2.19. The summed E-state index contributed by atoms with van der Waals surface area (Å²) in [5, 5.41) is 24.0. The average Bonchev–Trinajstić information content (AvgIpc) is 2.56. The van der Waals surface area contributed by atoms with Crippen LogP contribution in [0.3, 0.4) is 0 Å². The molecule has 2 atom stereocenters. The van der Waals surface area contributed by atoms with Gasteiger partial charge in [0, 0.05) is 12.1 Å². The predicted octanol–water partition coefficient (Wildman–Crippen LogP) is 2.73. The molecule has 132 valence electrons. The van der Waals surface area contributed by atoms with E-state index in [1.807, 2.05) is 18.2 Å². The number of aryl methyl sites for hydroxylation is 1. The van der Waals surface area contributed by atoms with Gasteiger partial charge in [0.15, 0.2) is 0 Å². The standard InChI is InChI=1S/C18H21N3O4/c1-11-8-14(17(19)15(9-11)21(24)25)18(23)20-12(2)10-16(22)13-6-4-3-5-7-13/h3-9,12,16,22H,10,19H2,1-2H3,(H,20,23). The van der Waals surface area contributed by atoms with Crippen LogP contribution in [0.2, 0.25) is 0 Å². The number of hydrogen-bond donors (Lipinski definition) is 3. The molecular weight excluding hydrogens is 322 g/mol. The molecular formula is C18H21N3O4. The first kappa shape index (κ1) is 18.4. The number of hydrogen-bond acceptors (Lipinski definition) is 5. The summed E-state index contributed by atoms with van der Waals surface area (Å²) in [5.41, 5.74) is 6.71. The monoisotopic (exact) mass is 343 g/mol. The van der Waals surface area contributed by atoms with Crippen molar-refractivity contribution in [3.8, 4) is 0 Å². The highest BCUT2D eigenvalue weighted by Gasteiger charge is 2.22. The SMILES string of the molecule is Cc1cc(C(=O)NC(C)CC(O)c2ccccc2)c(N)c([N+](=O)[O-])c1. The van der Waals surface area contributed by atoms with E-state index in [1.165, 1.54) is 12.1 Å². The molecule has 0 saturated heterocycles. The molecule has 0 spiro atoms. The molecule has 2 aromatic carbocycles. The van der Waals surface area contributed by atoms with Crippen molar-refractivity contribution in [2.75, 3.05) is 5.73 Å². The second-order valence-corrected chi connectivity index (χ2v) is 6.04. The maximum Gasteiger partial charge on any atom is 0.293 e. The Hall–Kier alpha value is -2.93. The van der Waals surface area contributed by atoms with Gasteiger partial charge in [-0.1, -0.05) is 30.3 Å². The third-order valence-electron chi connectivity index (χ3n) is 3.88. The molecule has 0 aromatic heterocycles. The van der Waals surface area contributed by atoms with Crippen molar-refractivity contribution >= 4 is 17.3 Å². The fourth-order valence-corrected chi connectivity index (χ4v) is 2.62. The molecule has 2 aromatic rings. The number of aliphatic hydroxyl groups excluding tert-OH is 1. The summed E-state index contributed by atoms with van der Waals surface area (Å²) in [6.45, 7) is 3.41. The maximum absolute atomic E-state index is 12.4. The summed E-state index contributed by atoms with van der Waals surface area (Å²) in [6, 6.07) is 11.6. The number of benzene rings is 2. The Morgan fingerprint density at radius 3 is 2.56 bits per heavy atom. The van der Waals surface area contributed by atoms with Crippen molar-refractivity contribution in [2.45, 2.75) is 32.4 Å². The lowest BCUT2D eigenvalue weighted by atomic mass is 10.0. The molecule has 0 heterocycles. The lowest BCUT2D eigenvalue weighted by Crippen LogP contribution is -2.34. The third kappa shape index (κ3) is 4.54. The summed E-state index contributed by atoms with van der Waals surface area (Å²) in [4.78, 5) is 22.9. The van der Waals surface area contributed by atoms with Crippen molar-refractivity contribution in [1.29, 1.82) is 0 Å². The van der Waals surface area contributed by atoms with Crippen molar-refractivity contribution in [2.24, 2.45) is 0 Å². The summed E-state index contributed by atoms with van der Waals surface area (Å²) in [7, 11) is 0. The van der Waals surface area contributed by atoms with E-state index in [4.69, 9.17) is 5.73 Å². The zero-order valence-corrected chi connectivity index (χ0v) is 14.1. The normalized spacial score (nSPS) is 13.1. The van der Waals surface area contributed by atoms with E-state index < -0.39 is 16.9 Å². The zero-order chi connectivity index (χ0) is 18.6. The summed E-state index contributed by atoms with van der Waals surface area (Å²) in [6.07, 6.45) is -0.412. The Balaban J connectivity index is 2.10. The molecule has 7 nitrogen and oxygen atoms in total. The predicted molar refractivity (Wildman–Crippen MR) is 95.2 cm³/mol. The molecule has 1 amide bonds. The van der Waals surface area contributed by atoms with Gasteiger partial charge in [-0.2, -0.15) is 0 Å². The quantitative estimate of drug-likeness (QED) is 0.423. The highest BCUT2D eigenvalue weighted by atomic mass is 16.6. The van der Waals surface area contributed by atoms with Crippen molar-refractivity contribution in [3.63, 3.8) is 0 Å². The molecule has 0 aliphatic rings. The second-order valence-electron chi connectivity index (χ2n) is 6.04. The first-order chi connectivity index (χ1) is 11.8. The number of nitrogen functional groups attached to an aromatic ring is 1. The topological polar surface area (TPSA) is 118 Å². The van der Waals surface area contributed by atoms with Crippen LogP contribution in [-0.4, -0.2) is 22.0 Å². The van der Waals surface area contributed by atoms with Gasteiger partial charge in [0.1, 0.15) is 5.69 Å². The minimum absolute atomic E-state index is 0.0627. The smallest absolute Gasteiger partial charge is 0.293 e. The van der Waals surface area contributed by atoms with Crippen LogP contribution in [0.1, 0.15) is 40.9 Å². The number of amides is 1. The Labute approximate surface area is 145 Å². The van der Waals surface area contributed by atoms with Gasteiger partial charge in [-0.3, -0.25) is 14.9 Å². The van der Waals surface area contributed by atoms with Crippen LogP contribution in [-0.2, 0) is 0 Å². The maximum atomic E-state index is 12.4. The first-order valence-electron chi connectivity index (χ1n) is 7.88. The highest BCUT2D eigenvalue weighted by molar-refractivity contribution is 6.01. The molecule has 7 heteroatoms. The highest BCUT2D eigenvalue weighted by Crippen LogP contribution is 2.27. The van der Waals surface area contributed by atoms with Gasteiger partial charge in [-0.15, -0.1) is 0 Å². The molecule has 25 heavy (non-hydrogen) atoms. The average molecular weight is 343 g/mol. The molecule has 0 bridgehead atoms. The lowest BCUT2D eigenvalue weighted by molar-refractivity contribution is -0.384. The van der Waals surface area contributed by atoms with E-state index in [1.54, 1.807) is 26.0 Å². The molecule has 0 fully saturated rings. The Morgan fingerprint density at radius 1 is 1.32 bits per heavy atom. The molecule has 0 radical (unpaired) electrons. The minimum Gasteiger partial charge on any atom is -0.393 e. The summed E-state index contributed by atoms with van der Waals surface area (Å²) < 4.78 is 0. The number of rotatable bonds is 6. The van der Waals surface area contributed by atoms with E-state index >= 15 is 0 Å². The van der Waals surface area contributed by atoms with E-state index in [0.29, 0.717) is 12.0 Å². The first-order valence-corrected chi connectivity index (χ1v) is 7.88. The van der Waals surface area contributed by atoms with Crippen LogP contribution < -0.4 is 11.1 Å². The molecule has 2 rings (SSSR count). The van der Waals surface area contributed by atoms with Gasteiger partial charge in [-0.05, 0) is 37.5 Å². The molecule has 0 saturated carbocycles. The van der Waals surface area contributed by atoms with Crippen LogP contribution >= 0.6 is 0 Å². The number of nitrogens with one attached hydrogen (secondary N) is 1. The largest absolute Gasteiger partial charge is 0.393 e. The van der Waals surface area contributed by atoms with Crippen molar-refractivity contribution < 1.29 is 14.8 Å². The van der Waals surface area contributed by atoms with Gasteiger partial charge in [-0.25, -0.2) is 0 Å². The number of carbonyl (C=O) groups is 1. The van der Waals surface area contributed by atoms with Crippen LogP contribution in [0.4, 0.5) is 11.4 Å². The fraction of sp³-hybridized carbons (Fsp3) is 0.278. The number of nitro benzene ring substituents is 1. The molecule has 4 N–H and O–H groups in total. The molecule has 2 unspecified atom stereocenters. The Bertz CT molecular complexity index is 777. The van der Waals surface area contributed by atoms with Crippen LogP contribution in [0.5, 0.6) is 0 Å². The number of aliphatic hydroxyl groups is 1. The zero-order valence-electron chi connectivity index (χ0n) is 14.1. The Kier molecular flexibility index (Phi) is 5.71. The van der Waals surface area contributed by atoms with E-state index in [2.05, 4.69) is 5.32 Å². The van der Waals surface area contributed by atoms with Crippen LogP contribution in [0.15, 0.2) is 42.5 Å². The summed E-state index contributed by atoms with van der Waals surface area (Å²) >= 11 is 0. The van der Waals surface area contributed by atoms with Gasteiger partial charge in [0.05, 0.1) is 16.6 Å². The number of anilines is 1. The Morgan fingerprint density at radius 2 is 1.96 bits per heavy atom. The third-order valence-corrected chi connectivity index (χ3v) is 3.88. The van der Waals surface area contributed by atoms with Gasteiger partial charge in [0.2, 0.25) is 0 Å². The van der Waals surface area contributed by atoms with E-state index in [-0.39, 0.29) is 23.0 Å². The minimum atomic E-state index is -0.722. The van der Waals surface area contributed by atoms with Crippen LogP contribution in [0, 0.1) is 17.0 Å². The van der Waals surface area contributed by atoms with Gasteiger partial charge in [0.25, 0.3) is 11.6 Å². The molecule has 0 aliphatic carbocycles. The number of nitrogens with two attached hydrogens (primary N) is 1. The number of nitrogens with zero attached hydrogens (tertiary/aromatic N) is 1. The molecule has 0 aliphatic heterocycles. The van der Waals surface area contributed by atoms with Gasteiger partial charge < -0.3 is 16.2 Å². The summed E-state index contributed by atoms with van der Waals surface area (Å²) in [5.74, 6) is -0.503. The van der Waals surface area contributed by atoms with Crippen molar-refractivity contribution in [3.05, 3.63) is 69.3 Å². The van der Waals surface area contributed by atoms with E-state index in [9.17, 15) is 20.0 Å². The van der Waals surface area contributed by atoms with Crippen molar-refractivity contribution in [1.82, 2.24) is 5.32 Å². The van der Waals surface area contributed by atoms with Gasteiger partial charge >= 0.3 is 0 Å². The number of carbonyl (C=O) groups excluding carboxylic acids is 1. The second kappa shape index (κ2) is 7.76.